The first-order chi connectivity index (χ1) is 11.6. The maximum absolute atomic E-state index is 12.4. The van der Waals surface area contributed by atoms with Crippen LogP contribution in [0.4, 0.5) is 5.13 Å². The molecule has 3 rings (SSSR count). The smallest absolute Gasteiger partial charge is 0.257 e. The Morgan fingerprint density at radius 1 is 1.17 bits per heavy atom. The van der Waals surface area contributed by atoms with Gasteiger partial charge < -0.3 is 4.74 Å². The van der Waals surface area contributed by atoms with Gasteiger partial charge in [-0.05, 0) is 67.8 Å². The number of rotatable bonds is 5. The van der Waals surface area contributed by atoms with Gasteiger partial charge in [0, 0.05) is 5.56 Å². The van der Waals surface area contributed by atoms with Crippen molar-refractivity contribution in [2.24, 2.45) is 0 Å². The number of hydrogen-bond donors (Lipinski definition) is 1. The van der Waals surface area contributed by atoms with Crippen molar-refractivity contribution in [3.8, 4) is 5.75 Å². The molecule has 0 fully saturated rings. The third kappa shape index (κ3) is 3.57. The third-order valence-electron chi connectivity index (χ3n) is 3.81. The summed E-state index contributed by atoms with van der Waals surface area (Å²) in [7, 11) is 0. The number of aryl methyl sites for hydroxylation is 2. The number of amides is 1. The molecule has 1 N–H and O–H groups in total. The van der Waals surface area contributed by atoms with E-state index in [0.29, 0.717) is 17.3 Å². The van der Waals surface area contributed by atoms with E-state index in [1.54, 1.807) is 12.1 Å². The quantitative estimate of drug-likeness (QED) is 0.714. The first-order valence-corrected chi connectivity index (χ1v) is 8.80. The Labute approximate surface area is 145 Å². The number of carbonyl (C=O) groups is 1. The Morgan fingerprint density at radius 2 is 1.88 bits per heavy atom. The number of benzene rings is 2. The number of anilines is 1. The van der Waals surface area contributed by atoms with Gasteiger partial charge in [-0.15, -0.1) is 0 Å². The molecule has 4 nitrogen and oxygen atoms in total. The largest absolute Gasteiger partial charge is 0.494 e. The van der Waals surface area contributed by atoms with Crippen molar-refractivity contribution in [3.05, 3.63) is 53.1 Å². The number of thiazole rings is 1. The van der Waals surface area contributed by atoms with Crippen molar-refractivity contribution in [3.63, 3.8) is 0 Å². The highest BCUT2D eigenvalue weighted by atomic mass is 32.1. The Bertz CT molecular complexity index is 830. The summed E-state index contributed by atoms with van der Waals surface area (Å²) in [5, 5.41) is 3.49. The first-order valence-electron chi connectivity index (χ1n) is 7.99. The molecule has 0 saturated heterocycles. The van der Waals surface area contributed by atoms with Gasteiger partial charge >= 0.3 is 0 Å². The molecule has 0 aliphatic rings. The second-order valence-electron chi connectivity index (χ2n) is 5.75. The lowest BCUT2D eigenvalue weighted by molar-refractivity contribution is 0.102. The Morgan fingerprint density at radius 3 is 2.58 bits per heavy atom. The molecule has 24 heavy (non-hydrogen) atoms. The van der Waals surface area contributed by atoms with Crippen LogP contribution in [0.5, 0.6) is 5.75 Å². The molecule has 1 aromatic heterocycles. The normalized spacial score (nSPS) is 10.8. The van der Waals surface area contributed by atoms with Crippen LogP contribution in [0.15, 0.2) is 36.4 Å². The first kappa shape index (κ1) is 16.5. The standard InChI is InChI=1S/C19H20N2O2S/c1-4-9-23-15-7-5-14(6-8-15)18(22)21-19-20-16-10-12(2)13(3)11-17(16)24-19/h5-8,10-11H,4,9H2,1-3H3,(H,20,21,22). The van der Waals surface area contributed by atoms with Crippen LogP contribution in [0.3, 0.4) is 0 Å². The summed E-state index contributed by atoms with van der Waals surface area (Å²) in [5.74, 6) is 0.615. The third-order valence-corrected chi connectivity index (χ3v) is 4.75. The number of ether oxygens (including phenoxy) is 1. The van der Waals surface area contributed by atoms with Crippen molar-refractivity contribution in [1.82, 2.24) is 4.98 Å². The summed E-state index contributed by atoms with van der Waals surface area (Å²) in [6.45, 7) is 6.88. The molecule has 0 atom stereocenters. The highest BCUT2D eigenvalue weighted by Crippen LogP contribution is 2.28. The van der Waals surface area contributed by atoms with Crippen LogP contribution in [0.25, 0.3) is 10.2 Å². The molecule has 0 saturated carbocycles. The van der Waals surface area contributed by atoms with E-state index >= 15 is 0 Å². The van der Waals surface area contributed by atoms with Crippen LogP contribution in [0, 0.1) is 13.8 Å². The molecule has 0 unspecified atom stereocenters. The number of nitrogens with one attached hydrogen (secondary N) is 1. The van der Waals surface area contributed by atoms with Gasteiger partial charge in [-0.25, -0.2) is 4.98 Å². The van der Waals surface area contributed by atoms with E-state index in [2.05, 4.69) is 43.2 Å². The van der Waals surface area contributed by atoms with E-state index in [1.165, 1.54) is 22.5 Å². The summed E-state index contributed by atoms with van der Waals surface area (Å²) in [6, 6.07) is 11.3. The van der Waals surface area contributed by atoms with Crippen LogP contribution in [-0.2, 0) is 0 Å². The molecule has 124 valence electrons. The monoisotopic (exact) mass is 340 g/mol. The molecular formula is C19H20N2O2S. The minimum Gasteiger partial charge on any atom is -0.494 e. The van der Waals surface area contributed by atoms with Crippen LogP contribution >= 0.6 is 11.3 Å². The van der Waals surface area contributed by atoms with Crippen LogP contribution in [-0.4, -0.2) is 17.5 Å². The predicted molar refractivity (Wildman–Crippen MR) is 99.3 cm³/mol. The Hall–Kier alpha value is -2.40. The molecule has 0 bridgehead atoms. The van der Waals surface area contributed by atoms with E-state index in [1.807, 2.05) is 12.1 Å². The van der Waals surface area contributed by atoms with Crippen molar-refractivity contribution >= 4 is 32.6 Å². The lowest BCUT2D eigenvalue weighted by Crippen LogP contribution is -2.11. The lowest BCUT2D eigenvalue weighted by atomic mass is 10.1. The molecule has 0 radical (unpaired) electrons. The fourth-order valence-electron chi connectivity index (χ4n) is 2.33. The highest BCUT2D eigenvalue weighted by Gasteiger charge is 2.11. The van der Waals surface area contributed by atoms with E-state index in [9.17, 15) is 4.79 Å². The van der Waals surface area contributed by atoms with E-state index in [4.69, 9.17) is 4.74 Å². The molecule has 2 aromatic carbocycles. The minimum absolute atomic E-state index is 0.162. The van der Waals surface area contributed by atoms with Gasteiger partial charge in [-0.3, -0.25) is 10.1 Å². The molecule has 1 heterocycles. The van der Waals surface area contributed by atoms with Crippen LogP contribution < -0.4 is 10.1 Å². The minimum atomic E-state index is -0.162. The number of aromatic nitrogens is 1. The average molecular weight is 340 g/mol. The lowest BCUT2D eigenvalue weighted by Gasteiger charge is -2.05. The summed E-state index contributed by atoms with van der Waals surface area (Å²) < 4.78 is 6.61. The van der Waals surface area contributed by atoms with Gasteiger partial charge in [-0.1, -0.05) is 18.3 Å². The number of carbonyl (C=O) groups excluding carboxylic acids is 1. The molecule has 0 aliphatic carbocycles. The van der Waals surface area contributed by atoms with E-state index in [0.717, 1.165) is 22.4 Å². The topological polar surface area (TPSA) is 51.2 Å². The molecular weight excluding hydrogens is 320 g/mol. The maximum Gasteiger partial charge on any atom is 0.257 e. The van der Waals surface area contributed by atoms with Gasteiger partial charge in [0.1, 0.15) is 5.75 Å². The fraction of sp³-hybridized carbons (Fsp3) is 0.263. The predicted octanol–water partition coefficient (Wildman–Crippen LogP) is 4.95. The van der Waals surface area contributed by atoms with Gasteiger partial charge in [-0.2, -0.15) is 0 Å². The van der Waals surface area contributed by atoms with Gasteiger partial charge in [0.05, 0.1) is 16.8 Å². The van der Waals surface area contributed by atoms with Crippen molar-refractivity contribution < 1.29 is 9.53 Å². The summed E-state index contributed by atoms with van der Waals surface area (Å²) in [6.07, 6.45) is 0.957. The van der Waals surface area contributed by atoms with Crippen molar-refractivity contribution in [2.45, 2.75) is 27.2 Å². The Balaban J connectivity index is 1.74. The second kappa shape index (κ2) is 7.01. The second-order valence-corrected chi connectivity index (χ2v) is 6.78. The van der Waals surface area contributed by atoms with Crippen LogP contribution in [0.2, 0.25) is 0 Å². The summed E-state index contributed by atoms with van der Waals surface area (Å²) >= 11 is 1.49. The molecule has 5 heteroatoms. The Kier molecular flexibility index (Phi) is 4.81. The maximum atomic E-state index is 12.4. The van der Waals surface area contributed by atoms with Gasteiger partial charge in [0.2, 0.25) is 0 Å². The van der Waals surface area contributed by atoms with Crippen molar-refractivity contribution in [1.29, 1.82) is 0 Å². The molecule has 0 aliphatic heterocycles. The SMILES string of the molecule is CCCOc1ccc(C(=O)Nc2nc3cc(C)c(C)cc3s2)cc1. The average Bonchev–Trinajstić information content (AvgIpc) is 2.94. The zero-order chi connectivity index (χ0) is 17.1. The zero-order valence-corrected chi connectivity index (χ0v) is 14.9. The van der Waals surface area contributed by atoms with Gasteiger partial charge in [0.25, 0.3) is 5.91 Å². The molecule has 3 aromatic rings. The van der Waals surface area contributed by atoms with Crippen LogP contribution in [0.1, 0.15) is 34.8 Å². The summed E-state index contributed by atoms with van der Waals surface area (Å²) in [5.41, 5.74) is 3.94. The molecule has 1 amide bonds. The number of nitrogens with zero attached hydrogens (tertiary/aromatic N) is 1. The van der Waals surface area contributed by atoms with E-state index in [-0.39, 0.29) is 5.91 Å². The number of hydrogen-bond acceptors (Lipinski definition) is 4. The van der Waals surface area contributed by atoms with Crippen molar-refractivity contribution in [2.75, 3.05) is 11.9 Å². The number of fused-ring (bicyclic) bond motifs is 1. The summed E-state index contributed by atoms with van der Waals surface area (Å²) in [4.78, 5) is 16.9. The molecule has 0 spiro atoms. The van der Waals surface area contributed by atoms with Gasteiger partial charge in [0.15, 0.2) is 5.13 Å². The van der Waals surface area contributed by atoms with E-state index < -0.39 is 0 Å². The zero-order valence-electron chi connectivity index (χ0n) is 14.1. The highest BCUT2D eigenvalue weighted by molar-refractivity contribution is 7.22. The fourth-order valence-corrected chi connectivity index (χ4v) is 3.27.